The minimum Gasteiger partial charge on any atom is -0.456 e. The van der Waals surface area contributed by atoms with Crippen LogP contribution in [0.1, 0.15) is 19.2 Å². The van der Waals surface area contributed by atoms with Gasteiger partial charge in [0.05, 0.1) is 19.2 Å². The molecule has 0 bridgehead atoms. The third kappa shape index (κ3) is 4.40. The van der Waals surface area contributed by atoms with E-state index in [4.69, 9.17) is 19.5 Å². The summed E-state index contributed by atoms with van der Waals surface area (Å²) in [5.74, 6) is 0. The van der Waals surface area contributed by atoms with Gasteiger partial charge in [0.25, 0.3) is 0 Å². The minimum atomic E-state index is -0.568. The van der Waals surface area contributed by atoms with E-state index in [-0.39, 0.29) is 68.0 Å². The average Bonchev–Trinajstić information content (AvgIpc) is 3.70. The summed E-state index contributed by atoms with van der Waals surface area (Å²) in [6, 6.07) is 24.2. The van der Waals surface area contributed by atoms with Crippen LogP contribution in [-0.2, 0) is 0 Å². The fourth-order valence-electron chi connectivity index (χ4n) is 6.96. The second-order valence-corrected chi connectivity index (χ2v) is 11.7. The lowest BCUT2D eigenvalue weighted by Crippen LogP contribution is -1.93. The third-order valence-electron chi connectivity index (χ3n) is 9.06. The first-order valence-electron chi connectivity index (χ1n) is 22.7. The Morgan fingerprint density at radius 3 is 1.59 bits per heavy atom. The van der Waals surface area contributed by atoms with Crippen LogP contribution >= 0.6 is 0 Å². The minimum absolute atomic E-state index is 0.000766. The van der Waals surface area contributed by atoms with Crippen molar-refractivity contribution >= 4 is 54.3 Å². The summed E-state index contributed by atoms with van der Waals surface area (Å²) in [6.45, 7) is 0. The van der Waals surface area contributed by atoms with E-state index < -0.39 is 60.4 Å². The van der Waals surface area contributed by atoms with Crippen molar-refractivity contribution in [3.05, 3.63) is 182 Å². The van der Waals surface area contributed by atoms with Gasteiger partial charge >= 0.3 is 0 Å². The van der Waals surface area contributed by atoms with Gasteiger partial charge < -0.3 is 4.42 Å². The van der Waals surface area contributed by atoms with Gasteiger partial charge in [0, 0.05) is 10.8 Å². The summed E-state index contributed by atoms with van der Waals surface area (Å²) in [6.07, 6.45) is 0. The number of fused-ring (bicyclic) bond motifs is 6. The van der Waals surface area contributed by atoms with Crippen LogP contribution in [0.5, 0.6) is 0 Å². The number of hydrogen-bond donors (Lipinski definition) is 0. The lowest BCUT2D eigenvalue weighted by atomic mass is 9.83. The molecule has 9 aromatic carbocycles. The molecule has 0 radical (unpaired) electrons. The summed E-state index contributed by atoms with van der Waals surface area (Å²) in [5, 5.41) is 2.59. The monoisotopic (exact) mass is 636 g/mol. The van der Waals surface area contributed by atoms with E-state index in [0.29, 0.717) is 21.9 Å². The predicted octanol–water partition coefficient (Wildman–Crippen LogP) is 13.7. The summed E-state index contributed by atoms with van der Waals surface area (Å²) in [5.41, 5.74) is 4.23. The highest BCUT2D eigenvalue weighted by atomic mass is 16.3. The molecule has 1 heterocycles. The number of hydrogen-bond acceptors (Lipinski definition) is 1. The summed E-state index contributed by atoms with van der Waals surface area (Å²) in [7, 11) is 0. The van der Waals surface area contributed by atoms with E-state index in [0.717, 1.165) is 33.0 Å². The van der Waals surface area contributed by atoms with Gasteiger partial charge in [-0.3, -0.25) is 0 Å². The van der Waals surface area contributed by atoms with Gasteiger partial charge in [0.1, 0.15) is 11.2 Å². The van der Waals surface area contributed by atoms with Crippen LogP contribution in [0, 0.1) is 0 Å². The molecule has 0 fully saturated rings. The normalized spacial score (nSPS) is 15.7. The highest BCUT2D eigenvalue weighted by Gasteiger charge is 2.21. The Morgan fingerprint density at radius 2 is 0.918 bits per heavy atom. The Hall–Kier alpha value is -6.44. The Labute approximate surface area is 304 Å². The predicted molar refractivity (Wildman–Crippen MR) is 208 cm³/mol. The molecule has 0 spiro atoms. The molecule has 0 N–H and O–H groups in total. The van der Waals surface area contributed by atoms with Crippen molar-refractivity contribution < 1.29 is 23.6 Å². The Morgan fingerprint density at radius 1 is 0.367 bits per heavy atom. The SMILES string of the molecule is [2H]c1c([2H])c([2H])c(-c2ccc(-c3ccccc3-c3c4ccccc4c(-c4c([2H])c([2H])c([2H])c5oc6c([2H])c7c([2H])c([2H])c([2H])c([2H])c7c([2H])c6c45)c4ccccc34)cc2)c([2H])c1[2H]. The second-order valence-electron chi connectivity index (χ2n) is 11.7. The quantitative estimate of drug-likeness (QED) is 0.175. The van der Waals surface area contributed by atoms with Crippen molar-refractivity contribution in [3.63, 3.8) is 0 Å². The molecule has 0 saturated heterocycles. The van der Waals surface area contributed by atoms with Crippen molar-refractivity contribution in [3.8, 4) is 44.5 Å². The molecule has 0 atom stereocenters. The first-order valence-corrected chi connectivity index (χ1v) is 15.7. The first kappa shape index (κ1) is 17.1. The lowest BCUT2D eigenvalue weighted by Gasteiger charge is -2.20. The van der Waals surface area contributed by atoms with E-state index in [1.807, 2.05) is 84.9 Å². The summed E-state index contributed by atoms with van der Waals surface area (Å²) >= 11 is 0. The number of furan rings is 1. The molecule has 0 aliphatic heterocycles. The molecule has 228 valence electrons. The summed E-state index contributed by atoms with van der Waals surface area (Å²) in [4.78, 5) is 0. The van der Waals surface area contributed by atoms with E-state index in [2.05, 4.69) is 0 Å². The Bertz CT molecular complexity index is 3580. The largest absolute Gasteiger partial charge is 0.456 e. The number of benzene rings is 9. The average molecular weight is 637 g/mol. The van der Waals surface area contributed by atoms with E-state index in [1.165, 1.54) is 0 Å². The fraction of sp³-hybridized carbons (Fsp3) is 0. The summed E-state index contributed by atoms with van der Waals surface area (Å²) < 4.78 is 128. The molecule has 1 heteroatoms. The van der Waals surface area contributed by atoms with Gasteiger partial charge in [-0.05, 0) is 95.0 Å². The maximum atomic E-state index is 9.52. The second kappa shape index (κ2) is 11.1. The van der Waals surface area contributed by atoms with Crippen LogP contribution in [0.15, 0.2) is 186 Å². The van der Waals surface area contributed by atoms with Gasteiger partial charge in [-0.2, -0.15) is 0 Å². The third-order valence-corrected chi connectivity index (χ3v) is 9.06. The topological polar surface area (TPSA) is 13.1 Å². The molecule has 49 heavy (non-hydrogen) atoms. The van der Waals surface area contributed by atoms with E-state index in [1.54, 1.807) is 12.1 Å². The maximum absolute atomic E-state index is 9.52. The molecule has 0 unspecified atom stereocenters. The molecular weight excluding hydrogens is 593 g/mol. The zero-order chi connectivity index (χ0) is 44.5. The molecule has 10 rings (SSSR count). The Balaban J connectivity index is 1.28. The van der Waals surface area contributed by atoms with Gasteiger partial charge in [0.15, 0.2) is 0 Å². The molecule has 10 aromatic rings. The van der Waals surface area contributed by atoms with Crippen molar-refractivity contribution in [2.75, 3.05) is 0 Å². The van der Waals surface area contributed by atoms with Crippen molar-refractivity contribution in [2.45, 2.75) is 0 Å². The molecule has 0 aliphatic rings. The lowest BCUT2D eigenvalue weighted by molar-refractivity contribution is 0.669. The van der Waals surface area contributed by atoms with Crippen LogP contribution in [-0.4, -0.2) is 0 Å². The van der Waals surface area contributed by atoms with Crippen LogP contribution in [0.3, 0.4) is 0 Å². The molecule has 0 saturated carbocycles. The maximum Gasteiger partial charge on any atom is 0.136 e. The van der Waals surface area contributed by atoms with Crippen molar-refractivity contribution in [1.82, 2.24) is 0 Å². The van der Waals surface area contributed by atoms with Gasteiger partial charge in [0.2, 0.25) is 0 Å². The van der Waals surface area contributed by atoms with Crippen LogP contribution in [0.2, 0.25) is 0 Å². The highest BCUT2D eigenvalue weighted by Crippen LogP contribution is 2.48. The van der Waals surface area contributed by atoms with Gasteiger partial charge in [-0.15, -0.1) is 0 Å². The van der Waals surface area contributed by atoms with Crippen LogP contribution in [0.25, 0.3) is 98.8 Å². The van der Waals surface area contributed by atoms with Crippen molar-refractivity contribution in [2.24, 2.45) is 0 Å². The molecule has 1 aromatic heterocycles. The molecule has 0 aliphatic carbocycles. The zero-order valence-electron chi connectivity index (χ0n) is 39.6. The first-order chi connectivity index (χ1) is 30.1. The molecule has 0 amide bonds. The van der Waals surface area contributed by atoms with E-state index in [9.17, 15) is 4.11 Å². The van der Waals surface area contributed by atoms with Crippen molar-refractivity contribution in [1.29, 1.82) is 0 Å². The molecule has 1 nitrogen and oxygen atoms in total. The number of rotatable bonds is 4. The highest BCUT2D eigenvalue weighted by molar-refractivity contribution is 6.26. The van der Waals surface area contributed by atoms with Gasteiger partial charge in [-0.1, -0.05) is 164 Å². The van der Waals surface area contributed by atoms with Crippen LogP contribution in [0.4, 0.5) is 0 Å². The van der Waals surface area contributed by atoms with Gasteiger partial charge in [-0.25, -0.2) is 0 Å². The fourth-order valence-corrected chi connectivity index (χ4v) is 6.96. The molecular formula is C48H30O. The van der Waals surface area contributed by atoms with E-state index >= 15 is 0 Å². The smallest absolute Gasteiger partial charge is 0.136 e. The standard InChI is InChI=1S/C48H30O/c1-2-13-31(14-3-1)32-25-27-33(28-26-32)36-17-6-7-18-37(36)46-38-19-8-10-21-40(38)47(41-22-11-9-20-39(41)46)42-23-12-24-44-48(42)43-29-34-15-4-5-16-35(34)30-45(43)49-44/h1-30H/i1D,2D,3D,4D,5D,12D,13D,14D,15D,16D,23D,24D,29D,30D. The Kier molecular flexibility index (Phi) is 3.87. The van der Waals surface area contributed by atoms with Crippen LogP contribution < -0.4 is 0 Å². The zero-order valence-corrected chi connectivity index (χ0v) is 25.6.